The molecule has 0 spiro atoms. The average molecular weight is 312 g/mol. The molecule has 0 aliphatic carbocycles. The summed E-state index contributed by atoms with van der Waals surface area (Å²) in [6, 6.07) is 5.94. The Kier molecular flexibility index (Phi) is 2.94. The van der Waals surface area contributed by atoms with Crippen LogP contribution in [0.2, 0.25) is 0 Å². The highest BCUT2D eigenvalue weighted by molar-refractivity contribution is 5.90. The van der Waals surface area contributed by atoms with E-state index in [-0.39, 0.29) is 5.69 Å². The number of benzene rings is 1. The van der Waals surface area contributed by atoms with Gasteiger partial charge in [-0.3, -0.25) is 5.10 Å². The van der Waals surface area contributed by atoms with Crippen LogP contribution in [0.15, 0.2) is 36.8 Å². The maximum atomic E-state index is 13.0. The standard InChI is InChI=1S/C17H14F2N4/c1-9-3-4-23-8-13(16(18)19)21-17(23)14(9)11-5-10(2)15-12(6-11)7-20-22-15/h3-8,16H,1-2H3,(H,20,22). The van der Waals surface area contributed by atoms with E-state index in [1.165, 1.54) is 6.20 Å². The van der Waals surface area contributed by atoms with Gasteiger partial charge >= 0.3 is 0 Å². The minimum atomic E-state index is -2.58. The van der Waals surface area contributed by atoms with Crippen molar-refractivity contribution < 1.29 is 8.78 Å². The SMILES string of the molecule is Cc1ccn2cc(C(F)F)nc2c1-c1cc(C)c2[nH]ncc2c1. The molecule has 1 N–H and O–H groups in total. The normalized spacial score (nSPS) is 11.9. The molecule has 0 aliphatic rings. The Morgan fingerprint density at radius 2 is 2.00 bits per heavy atom. The molecule has 1 aromatic carbocycles. The zero-order chi connectivity index (χ0) is 16.1. The molecule has 23 heavy (non-hydrogen) atoms. The number of aromatic nitrogens is 4. The van der Waals surface area contributed by atoms with Crippen molar-refractivity contribution in [3.63, 3.8) is 0 Å². The maximum absolute atomic E-state index is 13.0. The number of hydrogen-bond acceptors (Lipinski definition) is 2. The molecule has 3 heterocycles. The Labute approximate surface area is 130 Å². The number of imidazole rings is 1. The highest BCUT2D eigenvalue weighted by Crippen LogP contribution is 2.32. The maximum Gasteiger partial charge on any atom is 0.281 e. The van der Waals surface area contributed by atoms with E-state index in [9.17, 15) is 8.78 Å². The number of fused-ring (bicyclic) bond motifs is 2. The number of H-pyrrole nitrogens is 1. The Morgan fingerprint density at radius 3 is 2.78 bits per heavy atom. The van der Waals surface area contributed by atoms with Gasteiger partial charge in [0.05, 0.1) is 11.7 Å². The molecule has 0 radical (unpaired) electrons. The van der Waals surface area contributed by atoms with Crippen molar-refractivity contribution in [3.8, 4) is 11.1 Å². The van der Waals surface area contributed by atoms with Crippen molar-refractivity contribution in [1.29, 1.82) is 0 Å². The zero-order valence-corrected chi connectivity index (χ0v) is 12.6. The highest BCUT2D eigenvalue weighted by atomic mass is 19.3. The minimum absolute atomic E-state index is 0.210. The van der Waals surface area contributed by atoms with Gasteiger partial charge in [-0.1, -0.05) is 0 Å². The van der Waals surface area contributed by atoms with Crippen molar-refractivity contribution in [2.45, 2.75) is 20.3 Å². The number of halogens is 2. The number of aromatic amines is 1. The fourth-order valence-electron chi connectivity index (χ4n) is 3.00. The monoisotopic (exact) mass is 312 g/mol. The second-order valence-electron chi connectivity index (χ2n) is 5.70. The second-order valence-corrected chi connectivity index (χ2v) is 5.70. The predicted molar refractivity (Wildman–Crippen MR) is 84.7 cm³/mol. The quantitative estimate of drug-likeness (QED) is 0.595. The molecule has 3 aromatic heterocycles. The summed E-state index contributed by atoms with van der Waals surface area (Å²) in [6.07, 6.45) is 2.32. The van der Waals surface area contributed by atoms with Crippen molar-refractivity contribution in [2.24, 2.45) is 0 Å². The third-order valence-corrected chi connectivity index (χ3v) is 4.11. The first-order valence-electron chi connectivity index (χ1n) is 7.25. The first-order valence-corrected chi connectivity index (χ1v) is 7.25. The van der Waals surface area contributed by atoms with Crippen molar-refractivity contribution in [2.75, 3.05) is 0 Å². The molecule has 116 valence electrons. The Morgan fingerprint density at radius 1 is 1.17 bits per heavy atom. The van der Waals surface area contributed by atoms with Crippen LogP contribution >= 0.6 is 0 Å². The van der Waals surface area contributed by atoms with Crippen molar-refractivity contribution >= 4 is 16.6 Å². The lowest BCUT2D eigenvalue weighted by Crippen LogP contribution is -1.92. The second kappa shape index (κ2) is 4.87. The minimum Gasteiger partial charge on any atom is -0.306 e. The zero-order valence-electron chi connectivity index (χ0n) is 12.6. The van der Waals surface area contributed by atoms with Crippen LogP contribution in [0.1, 0.15) is 23.2 Å². The molecule has 0 saturated carbocycles. The van der Waals surface area contributed by atoms with Crippen LogP contribution in [-0.4, -0.2) is 19.6 Å². The van der Waals surface area contributed by atoms with Crippen LogP contribution in [0.5, 0.6) is 0 Å². The van der Waals surface area contributed by atoms with Gasteiger partial charge in [-0.2, -0.15) is 5.10 Å². The first kappa shape index (κ1) is 13.9. The van der Waals surface area contributed by atoms with E-state index >= 15 is 0 Å². The molecule has 4 aromatic rings. The fraction of sp³-hybridized carbons (Fsp3) is 0.176. The van der Waals surface area contributed by atoms with Gasteiger partial charge in [0.15, 0.2) is 0 Å². The summed E-state index contributed by atoms with van der Waals surface area (Å²) in [4.78, 5) is 4.14. The van der Waals surface area contributed by atoms with E-state index in [2.05, 4.69) is 15.2 Å². The van der Waals surface area contributed by atoms with E-state index in [0.717, 1.165) is 33.2 Å². The summed E-state index contributed by atoms with van der Waals surface area (Å²) < 4.78 is 27.6. The van der Waals surface area contributed by atoms with Crippen LogP contribution < -0.4 is 0 Å². The molecule has 0 bridgehead atoms. The highest BCUT2D eigenvalue weighted by Gasteiger charge is 2.17. The van der Waals surface area contributed by atoms with Gasteiger partial charge in [0, 0.05) is 23.3 Å². The number of aryl methyl sites for hydroxylation is 2. The Balaban J connectivity index is 2.04. The molecule has 0 unspecified atom stereocenters. The Hall–Kier alpha value is -2.76. The smallest absolute Gasteiger partial charge is 0.281 e. The third kappa shape index (κ3) is 2.10. The van der Waals surface area contributed by atoms with Crippen LogP contribution in [-0.2, 0) is 0 Å². The van der Waals surface area contributed by atoms with Gasteiger partial charge in [0.25, 0.3) is 6.43 Å². The van der Waals surface area contributed by atoms with Crippen molar-refractivity contribution in [1.82, 2.24) is 19.6 Å². The molecule has 0 aliphatic heterocycles. The van der Waals surface area contributed by atoms with Crippen LogP contribution in [0, 0.1) is 13.8 Å². The number of nitrogens with zero attached hydrogens (tertiary/aromatic N) is 3. The summed E-state index contributed by atoms with van der Waals surface area (Å²) >= 11 is 0. The summed E-state index contributed by atoms with van der Waals surface area (Å²) in [5.41, 5.74) is 5.18. The van der Waals surface area contributed by atoms with Gasteiger partial charge in [0.2, 0.25) is 0 Å². The molecular weight excluding hydrogens is 298 g/mol. The van der Waals surface area contributed by atoms with E-state index in [1.54, 1.807) is 16.8 Å². The molecular formula is C17H14F2N4. The van der Waals surface area contributed by atoms with Gasteiger partial charge in [-0.15, -0.1) is 0 Å². The van der Waals surface area contributed by atoms with E-state index in [4.69, 9.17) is 0 Å². The van der Waals surface area contributed by atoms with E-state index in [1.807, 2.05) is 32.0 Å². The van der Waals surface area contributed by atoms with Gasteiger partial charge in [-0.25, -0.2) is 13.8 Å². The molecule has 0 amide bonds. The average Bonchev–Trinajstić information content (AvgIpc) is 3.13. The summed E-state index contributed by atoms with van der Waals surface area (Å²) in [5, 5.41) is 8.02. The molecule has 6 heteroatoms. The molecule has 0 fully saturated rings. The Bertz CT molecular complexity index is 1030. The van der Waals surface area contributed by atoms with E-state index < -0.39 is 6.43 Å². The van der Waals surface area contributed by atoms with Gasteiger partial charge in [0.1, 0.15) is 11.3 Å². The van der Waals surface area contributed by atoms with Gasteiger partial charge in [-0.05, 0) is 48.7 Å². The number of pyridine rings is 1. The number of nitrogens with one attached hydrogen (secondary N) is 1. The summed E-state index contributed by atoms with van der Waals surface area (Å²) in [7, 11) is 0. The topological polar surface area (TPSA) is 46.0 Å². The molecule has 4 nitrogen and oxygen atoms in total. The van der Waals surface area contributed by atoms with Gasteiger partial charge < -0.3 is 4.40 Å². The summed E-state index contributed by atoms with van der Waals surface area (Å²) in [5.74, 6) is 0. The number of alkyl halides is 2. The first-order chi connectivity index (χ1) is 11.0. The predicted octanol–water partition coefficient (Wildman–Crippen LogP) is 4.43. The fourth-order valence-corrected chi connectivity index (χ4v) is 3.00. The van der Waals surface area contributed by atoms with Crippen molar-refractivity contribution in [3.05, 3.63) is 53.6 Å². The number of rotatable bonds is 2. The largest absolute Gasteiger partial charge is 0.306 e. The molecule has 0 atom stereocenters. The lowest BCUT2D eigenvalue weighted by molar-refractivity contribution is 0.147. The van der Waals surface area contributed by atoms with Crippen LogP contribution in [0.25, 0.3) is 27.7 Å². The molecule has 0 saturated heterocycles. The lowest BCUT2D eigenvalue weighted by Gasteiger charge is -2.09. The summed E-state index contributed by atoms with van der Waals surface area (Å²) in [6.45, 7) is 3.95. The molecule has 4 rings (SSSR count). The lowest BCUT2D eigenvalue weighted by atomic mass is 9.98. The van der Waals surface area contributed by atoms with Crippen LogP contribution in [0.4, 0.5) is 8.78 Å². The third-order valence-electron chi connectivity index (χ3n) is 4.11. The van der Waals surface area contributed by atoms with Crippen LogP contribution in [0.3, 0.4) is 0 Å². The number of hydrogen-bond donors (Lipinski definition) is 1. The van der Waals surface area contributed by atoms with E-state index in [0.29, 0.717) is 5.65 Å².